The second-order valence-corrected chi connectivity index (χ2v) is 1.38. The average molecular weight is 178 g/mol. The van der Waals surface area contributed by atoms with Crippen molar-refractivity contribution in [3.05, 3.63) is 36.4 Å². The van der Waals surface area contributed by atoms with Crippen molar-refractivity contribution in [3.8, 4) is 12.1 Å². The molecule has 0 fully saturated rings. The lowest BCUT2D eigenvalue weighted by Gasteiger charge is -1.69. The summed E-state index contributed by atoms with van der Waals surface area (Å²) in [6.07, 6.45) is 0. The highest BCUT2D eigenvalue weighted by Gasteiger charge is 1.57. The summed E-state index contributed by atoms with van der Waals surface area (Å²) in [6.45, 7) is 0. The van der Waals surface area contributed by atoms with Gasteiger partial charge in [0.1, 0.15) is 9.12 Å². The van der Waals surface area contributed by atoms with Gasteiger partial charge in [-0.25, -0.2) is 0 Å². The molecule has 0 aliphatic carbocycles. The first-order valence-electron chi connectivity index (χ1n) is 2.90. The minimum atomic E-state index is 1.24. The van der Waals surface area contributed by atoms with Crippen LogP contribution in [-0.4, -0.2) is 0 Å². The molecule has 60 valence electrons. The van der Waals surface area contributed by atoms with Gasteiger partial charge in [-0.3, -0.25) is 4.57 Å². The lowest BCUT2D eigenvalue weighted by Crippen LogP contribution is -1.47. The van der Waals surface area contributed by atoms with Crippen LogP contribution in [0.2, 0.25) is 0 Å². The molecule has 0 N–H and O–H groups in total. The van der Waals surface area contributed by atoms with Crippen LogP contribution in [-0.2, 0) is 4.57 Å². The summed E-state index contributed by atoms with van der Waals surface area (Å²) in [5, 5.41) is 14.5. The third kappa shape index (κ3) is 15.7. The van der Waals surface area contributed by atoms with Crippen molar-refractivity contribution in [2.45, 2.75) is 0 Å². The molecule has 0 aliphatic rings. The number of hydrogen-bond donors (Lipinski definition) is 0. The molecule has 3 nitrogen and oxygen atoms in total. The molecule has 1 aromatic rings. The van der Waals surface area contributed by atoms with Crippen molar-refractivity contribution in [1.82, 2.24) is 0 Å². The Morgan fingerprint density at radius 3 is 1.00 bits per heavy atom. The van der Waals surface area contributed by atoms with E-state index >= 15 is 0 Å². The first-order valence-corrected chi connectivity index (χ1v) is 3.31. The van der Waals surface area contributed by atoms with Crippen LogP contribution < -0.4 is 0 Å². The van der Waals surface area contributed by atoms with Gasteiger partial charge in [-0.2, -0.15) is 10.5 Å². The number of nitrogens with zero attached hydrogens (tertiary/aromatic N) is 2. The molecule has 0 unspecified atom stereocenters. The van der Waals surface area contributed by atoms with Gasteiger partial charge in [0.2, 0.25) is 0 Å². The Bertz CT molecular complexity index is 211. The van der Waals surface area contributed by atoms with Gasteiger partial charge in [-0.05, 0) is 0 Å². The van der Waals surface area contributed by atoms with E-state index in [0.29, 0.717) is 0 Å². The Hall–Kier alpha value is -1.70. The number of nitriles is 2. The zero-order valence-corrected chi connectivity index (χ0v) is 7.27. The fraction of sp³-hybridized carbons (Fsp3) is 0. The summed E-state index contributed by atoms with van der Waals surface area (Å²) in [7, 11) is 1.72. The van der Waals surface area contributed by atoms with Crippen molar-refractivity contribution in [2.75, 3.05) is 0 Å². The minimum absolute atomic E-state index is 1.24. The SMILES string of the molecule is N#CC#N.O=P.c1ccccc1. The lowest BCUT2D eigenvalue weighted by molar-refractivity contribution is 0.607. The van der Waals surface area contributed by atoms with Crippen LogP contribution in [0.3, 0.4) is 0 Å². The molecular weight excluding hydrogens is 171 g/mol. The van der Waals surface area contributed by atoms with Crippen LogP contribution in [0.4, 0.5) is 0 Å². The van der Waals surface area contributed by atoms with Crippen molar-refractivity contribution < 1.29 is 4.57 Å². The summed E-state index contributed by atoms with van der Waals surface area (Å²) < 4.78 is 8.06. The maximum Gasteiger partial charge on any atom is 0.181 e. The molecule has 12 heavy (non-hydrogen) atoms. The maximum absolute atomic E-state index is 8.06. The van der Waals surface area contributed by atoms with Crippen LogP contribution in [0.15, 0.2) is 36.4 Å². The zero-order chi connectivity index (χ0) is 9.66. The first-order chi connectivity index (χ1) is 5.91. The van der Waals surface area contributed by atoms with E-state index in [1.165, 1.54) is 12.1 Å². The summed E-state index contributed by atoms with van der Waals surface area (Å²) in [5.41, 5.74) is 0. The standard InChI is InChI=1S/C6H6.C2N2.HOP/c1-2-4-6-5-3-1;3-1-2-4;1-2/h1-6H;;2H. The Balaban J connectivity index is 0. The molecular formula is C8H7N2OP. The molecule has 1 aromatic carbocycles. The fourth-order valence-corrected chi connectivity index (χ4v) is 0.385. The van der Waals surface area contributed by atoms with Crippen molar-refractivity contribution in [2.24, 2.45) is 0 Å². The Morgan fingerprint density at radius 1 is 0.750 bits per heavy atom. The van der Waals surface area contributed by atoms with Gasteiger partial charge < -0.3 is 0 Å². The Kier molecular flexibility index (Phi) is 17.4. The second-order valence-electron chi connectivity index (χ2n) is 1.38. The van der Waals surface area contributed by atoms with Crippen molar-refractivity contribution >= 4 is 9.12 Å². The van der Waals surface area contributed by atoms with Gasteiger partial charge in [-0.15, -0.1) is 0 Å². The second kappa shape index (κ2) is 16.1. The van der Waals surface area contributed by atoms with Gasteiger partial charge in [0.05, 0.1) is 0 Å². The Morgan fingerprint density at radius 2 is 0.917 bits per heavy atom. The van der Waals surface area contributed by atoms with E-state index in [9.17, 15) is 0 Å². The van der Waals surface area contributed by atoms with Crippen molar-refractivity contribution in [3.63, 3.8) is 0 Å². The van der Waals surface area contributed by atoms with Gasteiger partial charge in [0.15, 0.2) is 12.1 Å². The molecule has 0 amide bonds. The predicted octanol–water partition coefficient (Wildman–Crippen LogP) is 2.19. The van der Waals surface area contributed by atoms with E-state index in [0.717, 1.165) is 0 Å². The average Bonchev–Trinajstić information content (AvgIpc) is 2.24. The third-order valence-electron chi connectivity index (χ3n) is 0.717. The van der Waals surface area contributed by atoms with Gasteiger partial charge >= 0.3 is 0 Å². The number of benzene rings is 1. The number of hydrogen-bond acceptors (Lipinski definition) is 3. The maximum atomic E-state index is 8.06. The summed E-state index contributed by atoms with van der Waals surface area (Å²) in [6, 6.07) is 14.5. The van der Waals surface area contributed by atoms with Gasteiger partial charge in [0.25, 0.3) is 0 Å². The van der Waals surface area contributed by atoms with Gasteiger partial charge in [0, 0.05) is 0 Å². The molecule has 0 aliphatic heterocycles. The van der Waals surface area contributed by atoms with E-state index in [1.54, 1.807) is 9.12 Å². The largest absolute Gasteiger partial charge is 0.279 e. The highest BCUT2D eigenvalue weighted by atomic mass is 31.0. The molecule has 0 spiro atoms. The van der Waals surface area contributed by atoms with Crippen LogP contribution in [0.1, 0.15) is 0 Å². The van der Waals surface area contributed by atoms with Crippen LogP contribution in [0.5, 0.6) is 0 Å². The van der Waals surface area contributed by atoms with Crippen LogP contribution >= 0.6 is 9.12 Å². The molecule has 0 atom stereocenters. The first kappa shape index (κ1) is 12.9. The molecule has 0 radical (unpaired) electrons. The third-order valence-corrected chi connectivity index (χ3v) is 0.717. The monoisotopic (exact) mass is 178 g/mol. The molecule has 1 rings (SSSR count). The van der Waals surface area contributed by atoms with Crippen molar-refractivity contribution in [1.29, 1.82) is 10.5 Å². The zero-order valence-electron chi connectivity index (χ0n) is 6.27. The van der Waals surface area contributed by atoms with Crippen LogP contribution in [0.25, 0.3) is 0 Å². The quantitative estimate of drug-likeness (QED) is 0.572. The fourth-order valence-electron chi connectivity index (χ4n) is 0.385. The molecule has 0 heterocycles. The topological polar surface area (TPSA) is 64.7 Å². The van der Waals surface area contributed by atoms with E-state index in [4.69, 9.17) is 15.1 Å². The van der Waals surface area contributed by atoms with E-state index in [1.807, 2.05) is 36.4 Å². The molecule has 0 aromatic heterocycles. The molecule has 0 saturated heterocycles. The summed E-state index contributed by atoms with van der Waals surface area (Å²) >= 11 is 0. The van der Waals surface area contributed by atoms with E-state index in [-0.39, 0.29) is 0 Å². The van der Waals surface area contributed by atoms with Crippen LogP contribution in [0, 0.1) is 22.7 Å². The smallest absolute Gasteiger partial charge is 0.181 e. The van der Waals surface area contributed by atoms with E-state index in [2.05, 4.69) is 0 Å². The normalized spacial score (nSPS) is 5.17. The highest BCUT2D eigenvalue weighted by molar-refractivity contribution is 7.00. The molecule has 4 heteroatoms. The predicted molar refractivity (Wildman–Crippen MR) is 46.7 cm³/mol. The number of rotatable bonds is 0. The van der Waals surface area contributed by atoms with E-state index < -0.39 is 0 Å². The molecule has 0 saturated carbocycles. The lowest BCUT2D eigenvalue weighted by atomic mass is 10.4. The molecule has 0 bridgehead atoms. The Labute approximate surface area is 73.5 Å². The highest BCUT2D eigenvalue weighted by Crippen LogP contribution is 1.79. The minimum Gasteiger partial charge on any atom is -0.279 e. The summed E-state index contributed by atoms with van der Waals surface area (Å²) in [5.74, 6) is 0. The summed E-state index contributed by atoms with van der Waals surface area (Å²) in [4.78, 5) is 0. The van der Waals surface area contributed by atoms with Gasteiger partial charge in [-0.1, -0.05) is 36.4 Å².